The van der Waals surface area contributed by atoms with Gasteiger partial charge in [0.15, 0.2) is 5.13 Å². The Morgan fingerprint density at radius 2 is 1.96 bits per heavy atom. The van der Waals surface area contributed by atoms with Gasteiger partial charge in [0, 0.05) is 23.5 Å². The summed E-state index contributed by atoms with van der Waals surface area (Å²) in [7, 11) is -3.56. The van der Waals surface area contributed by atoms with Crippen molar-refractivity contribution in [2.45, 2.75) is 31.1 Å². The van der Waals surface area contributed by atoms with Gasteiger partial charge in [0.05, 0.1) is 23.8 Å². The third-order valence-corrected chi connectivity index (χ3v) is 8.08. The number of morpholine rings is 1. The Morgan fingerprint density at radius 3 is 2.68 bits per heavy atom. The molecular formula is C19H23N3O4S2. The number of aromatic nitrogens is 1. The van der Waals surface area contributed by atoms with E-state index in [2.05, 4.69) is 17.2 Å². The molecule has 2 aromatic rings. The maximum Gasteiger partial charge on any atom is 0.257 e. The van der Waals surface area contributed by atoms with Crippen LogP contribution in [0.5, 0.6) is 0 Å². The van der Waals surface area contributed by atoms with Crippen molar-refractivity contribution < 1.29 is 17.9 Å². The zero-order chi connectivity index (χ0) is 19.7. The van der Waals surface area contributed by atoms with Gasteiger partial charge in [-0.05, 0) is 49.4 Å². The molecule has 1 saturated heterocycles. The molecule has 1 atom stereocenters. The van der Waals surface area contributed by atoms with Crippen LogP contribution in [0.1, 0.15) is 34.3 Å². The minimum absolute atomic E-state index is 0.185. The first-order valence-electron chi connectivity index (χ1n) is 9.41. The molecule has 1 aliphatic carbocycles. The van der Waals surface area contributed by atoms with E-state index in [-0.39, 0.29) is 10.8 Å². The quantitative estimate of drug-likeness (QED) is 0.820. The zero-order valence-electron chi connectivity index (χ0n) is 15.7. The van der Waals surface area contributed by atoms with Gasteiger partial charge in [-0.2, -0.15) is 4.31 Å². The minimum Gasteiger partial charge on any atom is -0.379 e. The molecule has 1 amide bonds. The fourth-order valence-electron chi connectivity index (χ4n) is 3.48. The minimum atomic E-state index is -3.56. The highest BCUT2D eigenvalue weighted by atomic mass is 32.2. The number of amides is 1. The lowest BCUT2D eigenvalue weighted by molar-refractivity contribution is 0.0730. The summed E-state index contributed by atoms with van der Waals surface area (Å²) in [6.45, 7) is 3.72. The maximum atomic E-state index is 12.7. The van der Waals surface area contributed by atoms with Crippen LogP contribution in [0.4, 0.5) is 5.13 Å². The summed E-state index contributed by atoms with van der Waals surface area (Å²) in [5.41, 5.74) is 1.49. The Bertz CT molecular complexity index is 964. The molecular weight excluding hydrogens is 398 g/mol. The number of anilines is 1. The third-order valence-electron chi connectivity index (χ3n) is 5.13. The second-order valence-corrected chi connectivity index (χ2v) is 10.3. The highest BCUT2D eigenvalue weighted by Gasteiger charge is 2.26. The van der Waals surface area contributed by atoms with Crippen LogP contribution in [0.2, 0.25) is 0 Å². The number of rotatable bonds is 4. The molecule has 150 valence electrons. The van der Waals surface area contributed by atoms with Crippen LogP contribution < -0.4 is 5.32 Å². The second-order valence-electron chi connectivity index (χ2n) is 7.23. The molecule has 1 aromatic carbocycles. The topological polar surface area (TPSA) is 88.6 Å². The summed E-state index contributed by atoms with van der Waals surface area (Å²) in [4.78, 5) is 18.5. The van der Waals surface area contributed by atoms with E-state index in [1.54, 1.807) is 0 Å². The number of nitrogens with one attached hydrogen (secondary N) is 1. The summed E-state index contributed by atoms with van der Waals surface area (Å²) < 4.78 is 31.9. The molecule has 1 fully saturated rings. The molecule has 0 saturated carbocycles. The number of thiazole rings is 1. The number of nitrogens with zero attached hydrogens (tertiary/aromatic N) is 2. The average Bonchev–Trinajstić information content (AvgIpc) is 3.10. The Labute approximate surface area is 168 Å². The van der Waals surface area contributed by atoms with Gasteiger partial charge < -0.3 is 4.74 Å². The van der Waals surface area contributed by atoms with Gasteiger partial charge in [-0.25, -0.2) is 13.4 Å². The number of hydrogen-bond acceptors (Lipinski definition) is 6. The highest BCUT2D eigenvalue weighted by Crippen LogP contribution is 2.32. The van der Waals surface area contributed by atoms with Crippen LogP contribution in [0, 0.1) is 5.92 Å². The van der Waals surface area contributed by atoms with Crippen molar-refractivity contribution in [1.29, 1.82) is 0 Å². The molecule has 7 nitrogen and oxygen atoms in total. The van der Waals surface area contributed by atoms with Crippen LogP contribution in [0.25, 0.3) is 0 Å². The van der Waals surface area contributed by atoms with Gasteiger partial charge in [-0.15, -0.1) is 11.3 Å². The smallest absolute Gasteiger partial charge is 0.257 e. The second kappa shape index (κ2) is 7.90. The molecule has 2 aliphatic rings. The lowest BCUT2D eigenvalue weighted by atomic mass is 9.93. The zero-order valence-corrected chi connectivity index (χ0v) is 17.3. The number of fused-ring (bicyclic) bond motifs is 1. The van der Waals surface area contributed by atoms with E-state index in [0.717, 1.165) is 25.0 Å². The number of sulfonamides is 1. The monoisotopic (exact) mass is 421 g/mol. The van der Waals surface area contributed by atoms with Gasteiger partial charge in [-0.3, -0.25) is 10.1 Å². The predicted molar refractivity (Wildman–Crippen MR) is 107 cm³/mol. The highest BCUT2D eigenvalue weighted by molar-refractivity contribution is 7.89. The molecule has 9 heteroatoms. The Kier molecular flexibility index (Phi) is 5.50. The summed E-state index contributed by atoms with van der Waals surface area (Å²) in [6.07, 6.45) is 3.09. The van der Waals surface area contributed by atoms with E-state index in [1.807, 2.05) is 0 Å². The molecule has 0 unspecified atom stereocenters. The van der Waals surface area contributed by atoms with Crippen molar-refractivity contribution in [1.82, 2.24) is 9.29 Å². The summed E-state index contributed by atoms with van der Waals surface area (Å²) >= 11 is 1.53. The summed E-state index contributed by atoms with van der Waals surface area (Å²) in [5.74, 6) is 0.368. The van der Waals surface area contributed by atoms with Crippen LogP contribution >= 0.6 is 11.3 Å². The van der Waals surface area contributed by atoms with E-state index < -0.39 is 10.0 Å². The van der Waals surface area contributed by atoms with Crippen LogP contribution in [-0.2, 0) is 27.6 Å². The van der Waals surface area contributed by atoms with Gasteiger partial charge in [-0.1, -0.05) is 6.92 Å². The predicted octanol–water partition coefficient (Wildman–Crippen LogP) is 2.54. The lowest BCUT2D eigenvalue weighted by Gasteiger charge is -2.26. The van der Waals surface area contributed by atoms with Gasteiger partial charge in [0.25, 0.3) is 5.91 Å². The molecule has 0 bridgehead atoms. The molecule has 28 heavy (non-hydrogen) atoms. The largest absolute Gasteiger partial charge is 0.379 e. The molecule has 4 rings (SSSR count). The number of ether oxygens (including phenoxy) is 1. The average molecular weight is 422 g/mol. The molecule has 0 radical (unpaired) electrons. The maximum absolute atomic E-state index is 12.7. The first kappa shape index (κ1) is 19.5. The molecule has 0 spiro atoms. The first-order chi connectivity index (χ1) is 13.4. The Hall–Kier alpha value is -1.81. The van der Waals surface area contributed by atoms with Crippen molar-refractivity contribution in [3.8, 4) is 0 Å². The summed E-state index contributed by atoms with van der Waals surface area (Å²) in [6, 6.07) is 6.04. The molecule has 1 aliphatic heterocycles. The molecule has 1 aromatic heterocycles. The lowest BCUT2D eigenvalue weighted by Crippen LogP contribution is -2.40. The Balaban J connectivity index is 1.46. The van der Waals surface area contributed by atoms with E-state index in [1.165, 1.54) is 44.8 Å². The SMILES string of the molecule is C[C@H]1CCc2nc(NC(=O)c3ccc(S(=O)(=O)N4CCOCC4)cc3)sc2C1. The van der Waals surface area contributed by atoms with Crippen molar-refractivity contribution in [2.75, 3.05) is 31.6 Å². The van der Waals surface area contributed by atoms with E-state index in [9.17, 15) is 13.2 Å². The number of hydrogen-bond donors (Lipinski definition) is 1. The van der Waals surface area contributed by atoms with E-state index >= 15 is 0 Å². The van der Waals surface area contributed by atoms with Crippen molar-refractivity contribution in [3.05, 3.63) is 40.4 Å². The fraction of sp³-hybridized carbons (Fsp3) is 0.474. The van der Waals surface area contributed by atoms with E-state index in [4.69, 9.17) is 4.74 Å². The Morgan fingerprint density at radius 1 is 1.25 bits per heavy atom. The third kappa shape index (κ3) is 3.98. The molecule has 1 N–H and O–H groups in total. The van der Waals surface area contributed by atoms with Crippen LogP contribution in [0.15, 0.2) is 29.2 Å². The van der Waals surface area contributed by atoms with Gasteiger partial charge in [0.1, 0.15) is 0 Å². The number of carbonyl (C=O) groups is 1. The van der Waals surface area contributed by atoms with Crippen molar-refractivity contribution in [3.63, 3.8) is 0 Å². The fourth-order valence-corrected chi connectivity index (χ4v) is 6.05. The first-order valence-corrected chi connectivity index (χ1v) is 11.7. The number of benzene rings is 1. The van der Waals surface area contributed by atoms with E-state index in [0.29, 0.717) is 42.9 Å². The standard InChI is InChI=1S/C19H23N3O4S2/c1-13-2-7-16-17(12-13)27-19(20-16)21-18(23)14-3-5-15(6-4-14)28(24,25)22-8-10-26-11-9-22/h3-6,13H,2,7-12H2,1H3,(H,20,21,23)/t13-/m0/s1. The van der Waals surface area contributed by atoms with Gasteiger partial charge in [0.2, 0.25) is 10.0 Å². The normalized spacial score (nSPS) is 20.5. The van der Waals surface area contributed by atoms with Crippen molar-refractivity contribution in [2.24, 2.45) is 5.92 Å². The number of carbonyl (C=O) groups excluding carboxylic acids is 1. The van der Waals surface area contributed by atoms with Crippen LogP contribution in [0.3, 0.4) is 0 Å². The van der Waals surface area contributed by atoms with Crippen LogP contribution in [-0.4, -0.2) is 49.9 Å². The molecule has 2 heterocycles. The van der Waals surface area contributed by atoms with Gasteiger partial charge >= 0.3 is 0 Å². The number of aryl methyl sites for hydroxylation is 1. The van der Waals surface area contributed by atoms with Crippen molar-refractivity contribution >= 4 is 32.4 Å². The summed E-state index contributed by atoms with van der Waals surface area (Å²) in [5, 5.41) is 3.45.